The van der Waals surface area contributed by atoms with Gasteiger partial charge in [0.2, 0.25) is 10.0 Å². The summed E-state index contributed by atoms with van der Waals surface area (Å²) in [4.78, 5) is -0.0522. The number of aryl methyl sites for hydroxylation is 1. The molecular weight excluding hydrogens is 415 g/mol. The van der Waals surface area contributed by atoms with Crippen LogP contribution in [0, 0.1) is 12.7 Å². The van der Waals surface area contributed by atoms with Gasteiger partial charge in [-0.2, -0.15) is 0 Å². The quantitative estimate of drug-likeness (QED) is 0.590. The highest BCUT2D eigenvalue weighted by molar-refractivity contribution is 7.92. The molecule has 0 unspecified atom stereocenters. The van der Waals surface area contributed by atoms with Gasteiger partial charge in [-0.15, -0.1) is 0 Å². The summed E-state index contributed by atoms with van der Waals surface area (Å²) in [5, 5.41) is 0. The van der Waals surface area contributed by atoms with E-state index in [1.54, 1.807) is 12.1 Å². The van der Waals surface area contributed by atoms with Crippen molar-refractivity contribution in [3.05, 3.63) is 89.7 Å². The zero-order chi connectivity index (χ0) is 21.1. The number of rotatable bonds is 7. The average molecular weight is 435 g/mol. The molecule has 6 nitrogen and oxygen atoms in total. The van der Waals surface area contributed by atoms with Crippen LogP contribution >= 0.6 is 0 Å². The number of nitrogens with one attached hydrogen (secondary N) is 2. The van der Waals surface area contributed by atoms with Crippen LogP contribution in [0.2, 0.25) is 0 Å². The third-order valence-electron chi connectivity index (χ3n) is 4.14. The van der Waals surface area contributed by atoms with E-state index in [1.807, 2.05) is 19.1 Å². The van der Waals surface area contributed by atoms with E-state index in [4.69, 9.17) is 0 Å². The largest absolute Gasteiger partial charge is 0.283 e. The Hall–Kier alpha value is -2.91. The summed E-state index contributed by atoms with van der Waals surface area (Å²) in [5.74, 6) is -0.665. The fourth-order valence-corrected chi connectivity index (χ4v) is 4.99. The van der Waals surface area contributed by atoms with Crippen LogP contribution in [0.5, 0.6) is 0 Å². The normalized spacial score (nSPS) is 11.8. The average Bonchev–Trinajstić information content (AvgIpc) is 2.65. The summed E-state index contributed by atoms with van der Waals surface area (Å²) in [5.41, 5.74) is 2.02. The van der Waals surface area contributed by atoms with Gasteiger partial charge in [0.15, 0.2) is 0 Å². The zero-order valence-electron chi connectivity index (χ0n) is 15.5. The van der Waals surface area contributed by atoms with Crippen molar-refractivity contribution in [1.29, 1.82) is 0 Å². The van der Waals surface area contributed by atoms with Crippen molar-refractivity contribution in [1.82, 2.24) is 0 Å². The van der Waals surface area contributed by atoms with Gasteiger partial charge in [-0.05, 0) is 66.6 Å². The minimum absolute atomic E-state index is 0.0522. The molecule has 0 spiro atoms. The van der Waals surface area contributed by atoms with Crippen molar-refractivity contribution in [3.8, 4) is 0 Å². The van der Waals surface area contributed by atoms with Gasteiger partial charge >= 0.3 is 0 Å². The van der Waals surface area contributed by atoms with Gasteiger partial charge in [-0.25, -0.2) is 21.2 Å². The number of hydrogen-bond donors (Lipinski definition) is 2. The van der Waals surface area contributed by atoms with E-state index in [9.17, 15) is 21.2 Å². The van der Waals surface area contributed by atoms with E-state index < -0.39 is 25.9 Å². The Kier molecular flexibility index (Phi) is 5.90. The molecule has 0 amide bonds. The molecule has 0 atom stereocenters. The van der Waals surface area contributed by atoms with Crippen LogP contribution in [0.15, 0.2) is 77.7 Å². The highest BCUT2D eigenvalue weighted by Crippen LogP contribution is 2.20. The third kappa shape index (κ3) is 5.55. The molecule has 0 radical (unpaired) electrons. The molecule has 0 aliphatic rings. The maximum absolute atomic E-state index is 12.9. The summed E-state index contributed by atoms with van der Waals surface area (Å²) in [6, 6.07) is 17.4. The first-order valence-electron chi connectivity index (χ1n) is 8.58. The molecule has 0 saturated heterocycles. The Morgan fingerprint density at radius 1 is 0.759 bits per heavy atom. The first-order valence-corrected chi connectivity index (χ1v) is 11.7. The fourth-order valence-electron chi connectivity index (χ4n) is 2.63. The Morgan fingerprint density at radius 3 is 1.93 bits per heavy atom. The summed E-state index contributed by atoms with van der Waals surface area (Å²) in [7, 11) is -7.55. The molecule has 0 aliphatic carbocycles. The summed E-state index contributed by atoms with van der Waals surface area (Å²) in [6.07, 6.45) is 0. The van der Waals surface area contributed by atoms with Crippen LogP contribution in [0.4, 0.5) is 15.8 Å². The molecule has 0 aromatic heterocycles. The lowest BCUT2D eigenvalue weighted by Gasteiger charge is -2.11. The van der Waals surface area contributed by atoms with E-state index in [0.29, 0.717) is 5.56 Å². The highest BCUT2D eigenvalue weighted by Gasteiger charge is 2.16. The van der Waals surface area contributed by atoms with Crippen LogP contribution in [0.3, 0.4) is 0 Å². The van der Waals surface area contributed by atoms with Crippen molar-refractivity contribution in [2.45, 2.75) is 17.6 Å². The van der Waals surface area contributed by atoms with Gasteiger partial charge in [-0.1, -0.05) is 24.3 Å². The van der Waals surface area contributed by atoms with Crippen LogP contribution in [-0.4, -0.2) is 16.8 Å². The highest BCUT2D eigenvalue weighted by atomic mass is 32.2. The predicted octanol–water partition coefficient (Wildman–Crippen LogP) is 3.88. The Balaban J connectivity index is 1.72. The number of halogens is 1. The third-order valence-corrected chi connectivity index (χ3v) is 6.78. The molecule has 0 saturated carbocycles. The maximum Gasteiger partial charge on any atom is 0.261 e. The van der Waals surface area contributed by atoms with Crippen LogP contribution < -0.4 is 9.44 Å². The molecule has 152 valence electrons. The molecule has 0 bridgehead atoms. The van der Waals surface area contributed by atoms with Gasteiger partial charge < -0.3 is 0 Å². The standard InChI is InChI=1S/C20H19FN2O4S2/c1-15-4-2-3-5-16(15)14-28(24,25)22-18-10-12-20(13-11-18)29(26,27)23-19-8-6-17(21)7-9-19/h2-13,22-23H,14H2,1H3. The van der Waals surface area contributed by atoms with Crippen LogP contribution in [0.1, 0.15) is 11.1 Å². The van der Waals surface area contributed by atoms with Gasteiger partial charge in [0, 0.05) is 11.4 Å². The lowest BCUT2D eigenvalue weighted by molar-refractivity contribution is 0.599. The monoisotopic (exact) mass is 434 g/mol. The van der Waals surface area contributed by atoms with Crippen molar-refractivity contribution < 1.29 is 21.2 Å². The van der Waals surface area contributed by atoms with E-state index in [1.165, 1.54) is 36.4 Å². The van der Waals surface area contributed by atoms with E-state index in [2.05, 4.69) is 9.44 Å². The SMILES string of the molecule is Cc1ccccc1CS(=O)(=O)Nc1ccc(S(=O)(=O)Nc2ccc(F)cc2)cc1. The molecule has 3 aromatic carbocycles. The Bertz CT molecular complexity index is 1210. The minimum Gasteiger partial charge on any atom is -0.283 e. The number of hydrogen-bond acceptors (Lipinski definition) is 4. The lowest BCUT2D eigenvalue weighted by Crippen LogP contribution is -2.16. The van der Waals surface area contributed by atoms with Gasteiger partial charge in [0.05, 0.1) is 10.6 Å². The molecule has 3 rings (SSSR count). The van der Waals surface area contributed by atoms with E-state index in [-0.39, 0.29) is 22.0 Å². The second-order valence-electron chi connectivity index (χ2n) is 6.42. The molecule has 0 aliphatic heterocycles. The van der Waals surface area contributed by atoms with Crippen LogP contribution in [-0.2, 0) is 25.8 Å². The summed E-state index contributed by atoms with van der Waals surface area (Å²) < 4.78 is 67.4. The summed E-state index contributed by atoms with van der Waals surface area (Å²) >= 11 is 0. The molecule has 29 heavy (non-hydrogen) atoms. The fraction of sp³-hybridized carbons (Fsp3) is 0.100. The molecule has 9 heteroatoms. The number of benzene rings is 3. The van der Waals surface area contributed by atoms with Gasteiger partial charge in [0.25, 0.3) is 10.0 Å². The van der Waals surface area contributed by atoms with Crippen LogP contribution in [0.25, 0.3) is 0 Å². The second-order valence-corrected chi connectivity index (χ2v) is 9.83. The Morgan fingerprint density at radius 2 is 1.31 bits per heavy atom. The first kappa shape index (κ1) is 20.8. The van der Waals surface area contributed by atoms with Crippen molar-refractivity contribution in [2.24, 2.45) is 0 Å². The smallest absolute Gasteiger partial charge is 0.261 e. The van der Waals surface area contributed by atoms with E-state index in [0.717, 1.165) is 17.7 Å². The van der Waals surface area contributed by atoms with Crippen molar-refractivity contribution in [2.75, 3.05) is 9.44 Å². The van der Waals surface area contributed by atoms with Crippen molar-refractivity contribution in [3.63, 3.8) is 0 Å². The van der Waals surface area contributed by atoms with E-state index >= 15 is 0 Å². The summed E-state index contributed by atoms with van der Waals surface area (Å²) in [6.45, 7) is 1.83. The van der Waals surface area contributed by atoms with Gasteiger partial charge in [0.1, 0.15) is 5.82 Å². The van der Waals surface area contributed by atoms with Gasteiger partial charge in [-0.3, -0.25) is 9.44 Å². The molecule has 0 heterocycles. The molecule has 2 N–H and O–H groups in total. The second kappa shape index (κ2) is 8.22. The predicted molar refractivity (Wildman–Crippen MR) is 111 cm³/mol. The molecular formula is C20H19FN2O4S2. The number of anilines is 2. The minimum atomic E-state index is -3.89. The maximum atomic E-state index is 12.9. The first-order chi connectivity index (χ1) is 13.6. The lowest BCUT2D eigenvalue weighted by atomic mass is 10.1. The Labute approximate surface area is 169 Å². The molecule has 0 fully saturated rings. The topological polar surface area (TPSA) is 92.3 Å². The number of sulfonamides is 2. The van der Waals surface area contributed by atoms with Crippen molar-refractivity contribution >= 4 is 31.4 Å². The zero-order valence-corrected chi connectivity index (χ0v) is 17.1. The molecule has 3 aromatic rings.